The van der Waals surface area contributed by atoms with Gasteiger partial charge in [-0.3, -0.25) is 4.57 Å². The van der Waals surface area contributed by atoms with Gasteiger partial charge in [0, 0.05) is 42.1 Å². The second-order valence-electron chi connectivity index (χ2n) is 16.4. The van der Waals surface area contributed by atoms with E-state index in [9.17, 15) is 0 Å². The smallest absolute Gasteiger partial charge is 0.238 e. The predicted molar refractivity (Wildman–Crippen MR) is 260 cm³/mol. The second kappa shape index (κ2) is 12.8. The highest BCUT2D eigenvalue weighted by Crippen LogP contribution is 2.52. The van der Waals surface area contributed by atoms with E-state index in [0.717, 1.165) is 43.7 Å². The average molecular weight is 805 g/mol. The molecule has 1 aliphatic rings. The topological polar surface area (TPSA) is 43.6 Å². The van der Waals surface area contributed by atoms with Gasteiger partial charge in [0.05, 0.1) is 11.0 Å². The average Bonchev–Trinajstić information content (AvgIpc) is 3.99. The maximum absolute atomic E-state index is 5.28. The molecule has 0 saturated heterocycles. The van der Waals surface area contributed by atoms with Gasteiger partial charge in [-0.2, -0.15) is 9.97 Å². The summed E-state index contributed by atoms with van der Waals surface area (Å²) >= 11 is 1.89. The van der Waals surface area contributed by atoms with Crippen LogP contribution < -0.4 is 0 Å². The molecule has 0 fully saturated rings. The first-order valence-corrected chi connectivity index (χ1v) is 21.8. The maximum Gasteiger partial charge on any atom is 0.238 e. The van der Waals surface area contributed by atoms with Gasteiger partial charge in [0.15, 0.2) is 11.6 Å². The minimum Gasteiger partial charge on any atom is -0.278 e. The number of hydrogen-bond donors (Lipinski definition) is 0. The molecule has 10 aromatic carbocycles. The van der Waals surface area contributed by atoms with Crippen LogP contribution in [0.4, 0.5) is 0 Å². The summed E-state index contributed by atoms with van der Waals surface area (Å²) in [6.07, 6.45) is 0. The van der Waals surface area contributed by atoms with Crippen molar-refractivity contribution in [2.75, 3.05) is 0 Å². The lowest BCUT2D eigenvalue weighted by Crippen LogP contribution is -2.06. The molecule has 13 aromatic rings. The van der Waals surface area contributed by atoms with Crippen molar-refractivity contribution < 1.29 is 0 Å². The summed E-state index contributed by atoms with van der Waals surface area (Å²) in [5, 5.41) is 12.3. The largest absolute Gasteiger partial charge is 0.278 e. The van der Waals surface area contributed by atoms with E-state index in [1.54, 1.807) is 0 Å². The van der Waals surface area contributed by atoms with Crippen LogP contribution in [0.1, 0.15) is 0 Å². The summed E-state index contributed by atoms with van der Waals surface area (Å²) in [5.41, 5.74) is 11.7. The third-order valence-corrected chi connectivity index (χ3v) is 14.1. The monoisotopic (exact) mass is 804 g/mol. The molecule has 4 nitrogen and oxygen atoms in total. The van der Waals surface area contributed by atoms with Gasteiger partial charge in [0.25, 0.3) is 0 Å². The van der Waals surface area contributed by atoms with E-state index in [1.807, 2.05) is 11.3 Å². The highest BCUT2D eigenvalue weighted by Gasteiger charge is 2.24. The third kappa shape index (κ3) is 4.91. The zero-order valence-corrected chi connectivity index (χ0v) is 34.0. The van der Waals surface area contributed by atoms with Gasteiger partial charge < -0.3 is 0 Å². The highest BCUT2D eigenvalue weighted by atomic mass is 32.1. The first kappa shape index (κ1) is 33.8. The molecule has 0 unspecified atom stereocenters. The van der Waals surface area contributed by atoms with Gasteiger partial charge in [-0.15, -0.1) is 11.3 Å². The molecular formula is C57H32N4S. The lowest BCUT2D eigenvalue weighted by Gasteiger charge is -2.12. The predicted octanol–water partition coefficient (Wildman–Crippen LogP) is 15.4. The minimum absolute atomic E-state index is 0.585. The summed E-state index contributed by atoms with van der Waals surface area (Å²) in [7, 11) is 0. The Labute approximate surface area is 359 Å². The minimum atomic E-state index is 0.585. The number of fused-ring (bicyclic) bond motifs is 12. The van der Waals surface area contributed by atoms with Crippen LogP contribution >= 0.6 is 11.3 Å². The zero-order valence-electron chi connectivity index (χ0n) is 33.2. The molecule has 3 aromatic heterocycles. The fourth-order valence-corrected chi connectivity index (χ4v) is 11.2. The van der Waals surface area contributed by atoms with Crippen LogP contribution in [-0.2, 0) is 0 Å². The number of aromatic nitrogens is 4. The van der Waals surface area contributed by atoms with Crippen molar-refractivity contribution in [2.24, 2.45) is 0 Å². The Bertz CT molecular complexity index is 3960. The number of benzene rings is 10. The summed E-state index contributed by atoms with van der Waals surface area (Å²) in [4.78, 5) is 15.7. The molecule has 0 bridgehead atoms. The molecule has 286 valence electrons. The van der Waals surface area contributed by atoms with E-state index >= 15 is 0 Å². The summed E-state index contributed by atoms with van der Waals surface area (Å²) in [6, 6.07) is 70.2. The van der Waals surface area contributed by atoms with Crippen molar-refractivity contribution in [3.05, 3.63) is 194 Å². The fourth-order valence-electron chi connectivity index (χ4n) is 10.1. The normalized spacial score (nSPS) is 12.2. The van der Waals surface area contributed by atoms with Crippen molar-refractivity contribution in [1.82, 2.24) is 19.5 Å². The van der Waals surface area contributed by atoms with Crippen molar-refractivity contribution in [3.8, 4) is 62.1 Å². The fraction of sp³-hybridized carbons (Fsp3) is 0. The van der Waals surface area contributed by atoms with Gasteiger partial charge in [0.1, 0.15) is 0 Å². The number of hydrogen-bond acceptors (Lipinski definition) is 4. The molecule has 3 heterocycles. The third-order valence-electron chi connectivity index (χ3n) is 12.9. The SMILES string of the molecule is c1ccc2c(c1)-c1cccc3c1c-2cc1sc2ccc(-c4ccc5c(c4)c4ccccc4n5-c4nc(-c5ccc6ccccc6c5)nc(-c5ccc6ccccc6c5)n4)cc2c13. The lowest BCUT2D eigenvalue weighted by molar-refractivity contribution is 0.954. The Hall–Kier alpha value is -7.99. The Morgan fingerprint density at radius 2 is 0.887 bits per heavy atom. The molecule has 62 heavy (non-hydrogen) atoms. The first-order chi connectivity index (χ1) is 30.7. The molecule has 0 saturated carbocycles. The number of nitrogens with zero attached hydrogens (tertiary/aromatic N) is 4. The van der Waals surface area contributed by atoms with Crippen molar-refractivity contribution in [3.63, 3.8) is 0 Å². The number of thiophene rings is 1. The van der Waals surface area contributed by atoms with E-state index in [2.05, 4.69) is 199 Å². The molecule has 0 radical (unpaired) electrons. The van der Waals surface area contributed by atoms with Crippen LogP contribution in [0.3, 0.4) is 0 Å². The molecule has 0 amide bonds. The number of para-hydroxylation sites is 1. The molecule has 5 heteroatoms. The maximum atomic E-state index is 5.28. The van der Waals surface area contributed by atoms with Gasteiger partial charge in [-0.25, -0.2) is 4.98 Å². The zero-order chi connectivity index (χ0) is 40.5. The first-order valence-electron chi connectivity index (χ1n) is 21.0. The number of rotatable bonds is 4. The van der Waals surface area contributed by atoms with Crippen molar-refractivity contribution in [1.29, 1.82) is 0 Å². The Balaban J connectivity index is 0.957. The van der Waals surface area contributed by atoms with Crippen molar-refractivity contribution >= 4 is 85.6 Å². The van der Waals surface area contributed by atoms with Gasteiger partial charge in [-0.1, -0.05) is 146 Å². The van der Waals surface area contributed by atoms with Crippen LogP contribution in [0.25, 0.3) is 136 Å². The van der Waals surface area contributed by atoms with E-state index in [4.69, 9.17) is 15.0 Å². The molecule has 0 aliphatic heterocycles. The molecular weight excluding hydrogens is 773 g/mol. The molecule has 1 aliphatic carbocycles. The highest BCUT2D eigenvalue weighted by molar-refractivity contribution is 7.26. The molecule has 0 N–H and O–H groups in total. The standard InChI is InChI=1S/C57H32N4S/c1-3-12-35-28-39(22-20-33(35)10-1)55-58-56(40-23-21-34-11-2-4-13-36(34)29-40)60-57(59-55)61-49-19-8-7-16-43(49)46-30-37(24-26-50(46)61)38-25-27-51-48(31-38)54-45-18-9-17-44-41-14-5-6-15-42(41)47(53(44)45)32-52(54)62-51/h1-32H. The molecule has 0 spiro atoms. The Kier molecular flexibility index (Phi) is 6.96. The van der Waals surface area contributed by atoms with Crippen LogP contribution in [0, 0.1) is 0 Å². The second-order valence-corrected chi connectivity index (χ2v) is 17.5. The Morgan fingerprint density at radius 3 is 1.63 bits per heavy atom. The molecule has 14 rings (SSSR count). The van der Waals surface area contributed by atoms with Crippen molar-refractivity contribution in [2.45, 2.75) is 0 Å². The van der Waals surface area contributed by atoms with Crippen LogP contribution in [-0.4, -0.2) is 19.5 Å². The quantitative estimate of drug-likeness (QED) is 0.178. The van der Waals surface area contributed by atoms with Gasteiger partial charge in [0.2, 0.25) is 5.95 Å². The van der Waals surface area contributed by atoms with Crippen LogP contribution in [0.5, 0.6) is 0 Å². The van der Waals surface area contributed by atoms with E-state index in [0.29, 0.717) is 17.6 Å². The summed E-state index contributed by atoms with van der Waals surface area (Å²) in [5.74, 6) is 1.85. The summed E-state index contributed by atoms with van der Waals surface area (Å²) < 4.78 is 4.84. The summed E-state index contributed by atoms with van der Waals surface area (Å²) in [6.45, 7) is 0. The van der Waals surface area contributed by atoms with E-state index < -0.39 is 0 Å². The van der Waals surface area contributed by atoms with E-state index in [-0.39, 0.29) is 0 Å². The molecule has 0 atom stereocenters. The van der Waals surface area contributed by atoms with Gasteiger partial charge >= 0.3 is 0 Å². The van der Waals surface area contributed by atoms with Crippen LogP contribution in [0.2, 0.25) is 0 Å². The van der Waals surface area contributed by atoms with Gasteiger partial charge in [-0.05, 0) is 114 Å². The lowest BCUT2D eigenvalue weighted by atomic mass is 9.96. The van der Waals surface area contributed by atoms with E-state index in [1.165, 1.54) is 75.1 Å². The Morgan fingerprint density at radius 1 is 0.323 bits per heavy atom. The van der Waals surface area contributed by atoms with Crippen LogP contribution in [0.15, 0.2) is 194 Å².